The molecule has 1 aliphatic carbocycles. The molecular weight excluding hydrogens is 384 g/mol. The molecule has 1 spiro atoms. The number of ketones is 1. The number of methoxy groups -OCH3 is 1. The van der Waals surface area contributed by atoms with Crippen molar-refractivity contribution in [3.8, 4) is 11.5 Å². The first kappa shape index (κ1) is 18.0. The molecule has 0 radical (unpaired) electrons. The molecule has 0 fully saturated rings. The highest BCUT2D eigenvalue weighted by atomic mass is 16.5. The van der Waals surface area contributed by atoms with E-state index in [-0.39, 0.29) is 11.7 Å². The third-order valence-corrected chi connectivity index (χ3v) is 6.49. The highest BCUT2D eigenvalue weighted by Gasteiger charge is 2.57. The molecule has 4 aromatic carbocycles. The van der Waals surface area contributed by atoms with Crippen LogP contribution in [0.3, 0.4) is 0 Å². The second-order valence-electron chi connectivity index (χ2n) is 8.03. The Kier molecular flexibility index (Phi) is 3.81. The highest BCUT2D eigenvalue weighted by molar-refractivity contribution is 6.07. The Balaban J connectivity index is 1.70. The summed E-state index contributed by atoms with van der Waals surface area (Å²) in [6.45, 7) is 0. The largest absolute Gasteiger partial charge is 0.497 e. The molecule has 3 nitrogen and oxygen atoms in total. The monoisotopic (exact) mass is 404 g/mol. The van der Waals surface area contributed by atoms with Crippen molar-refractivity contribution in [2.75, 3.05) is 7.11 Å². The number of hydrogen-bond donors (Lipinski definition) is 0. The summed E-state index contributed by atoms with van der Waals surface area (Å²) >= 11 is 0. The number of hydrogen-bond acceptors (Lipinski definition) is 3. The Bertz CT molecular complexity index is 1370. The molecule has 3 heteroatoms. The fourth-order valence-corrected chi connectivity index (χ4v) is 5.10. The van der Waals surface area contributed by atoms with Crippen molar-refractivity contribution in [2.45, 2.75) is 11.5 Å². The van der Waals surface area contributed by atoms with Crippen LogP contribution in [0.1, 0.15) is 28.2 Å². The molecule has 2 aliphatic rings. The number of benzene rings is 4. The lowest BCUT2D eigenvalue weighted by Gasteiger charge is -2.36. The van der Waals surface area contributed by atoms with Gasteiger partial charge in [0, 0.05) is 11.1 Å². The predicted octanol–water partition coefficient (Wildman–Crippen LogP) is 5.86. The Morgan fingerprint density at radius 3 is 2.45 bits per heavy atom. The molecule has 150 valence electrons. The smallest absolute Gasteiger partial charge is 0.207 e. The maximum atomic E-state index is 13.7. The molecule has 1 heterocycles. The van der Waals surface area contributed by atoms with Crippen LogP contribution in [0.25, 0.3) is 16.8 Å². The van der Waals surface area contributed by atoms with Crippen LogP contribution in [0.5, 0.6) is 11.5 Å². The number of carbonyl (C=O) groups excluding carboxylic acids is 1. The third-order valence-electron chi connectivity index (χ3n) is 6.49. The van der Waals surface area contributed by atoms with Gasteiger partial charge in [0.15, 0.2) is 0 Å². The van der Waals surface area contributed by atoms with Gasteiger partial charge < -0.3 is 9.47 Å². The molecule has 31 heavy (non-hydrogen) atoms. The van der Waals surface area contributed by atoms with Gasteiger partial charge in [0.2, 0.25) is 11.4 Å². The van der Waals surface area contributed by atoms with E-state index in [1.807, 2.05) is 72.8 Å². The number of fused-ring (bicyclic) bond motifs is 5. The van der Waals surface area contributed by atoms with Crippen LogP contribution in [0.2, 0.25) is 0 Å². The van der Waals surface area contributed by atoms with Gasteiger partial charge in [0.25, 0.3) is 0 Å². The van der Waals surface area contributed by atoms with E-state index >= 15 is 0 Å². The molecule has 1 aliphatic heterocycles. The molecule has 0 bridgehead atoms. The molecule has 0 saturated heterocycles. The Morgan fingerprint density at radius 2 is 1.61 bits per heavy atom. The van der Waals surface area contributed by atoms with Gasteiger partial charge in [-0.05, 0) is 46.2 Å². The van der Waals surface area contributed by atoms with Gasteiger partial charge in [-0.15, -0.1) is 0 Å². The van der Waals surface area contributed by atoms with Gasteiger partial charge in [0.1, 0.15) is 11.5 Å². The molecular formula is C28H20O3. The first-order valence-electron chi connectivity index (χ1n) is 10.4. The average molecular weight is 404 g/mol. The van der Waals surface area contributed by atoms with Gasteiger partial charge in [-0.1, -0.05) is 72.8 Å². The van der Waals surface area contributed by atoms with Crippen molar-refractivity contribution in [3.05, 3.63) is 113 Å². The van der Waals surface area contributed by atoms with Crippen LogP contribution in [0.4, 0.5) is 0 Å². The minimum atomic E-state index is -1.13. The first-order chi connectivity index (χ1) is 15.2. The Hall–Kier alpha value is -3.85. The summed E-state index contributed by atoms with van der Waals surface area (Å²) in [6.07, 6.45) is 3.55. The van der Waals surface area contributed by atoms with Gasteiger partial charge in [-0.2, -0.15) is 0 Å². The van der Waals surface area contributed by atoms with E-state index in [2.05, 4.69) is 18.2 Å². The summed E-state index contributed by atoms with van der Waals surface area (Å²) in [7, 11) is 1.66. The summed E-state index contributed by atoms with van der Waals surface area (Å²) in [5, 5.41) is 2.24. The van der Waals surface area contributed by atoms with Crippen LogP contribution >= 0.6 is 0 Å². The molecule has 0 amide bonds. The number of rotatable bonds is 2. The molecule has 0 unspecified atom stereocenters. The zero-order valence-electron chi connectivity index (χ0n) is 17.0. The van der Waals surface area contributed by atoms with E-state index in [0.29, 0.717) is 0 Å². The van der Waals surface area contributed by atoms with Crippen molar-refractivity contribution in [1.82, 2.24) is 0 Å². The average Bonchev–Trinajstić information content (AvgIpc) is 3.18. The second-order valence-corrected chi connectivity index (χ2v) is 8.03. The topological polar surface area (TPSA) is 35.5 Å². The van der Waals surface area contributed by atoms with E-state index in [1.165, 1.54) is 0 Å². The standard InChI is InChI=1S/C28H20O3/c1-30-21-14-10-20(11-15-21)27-26-22-8-4-2-6-18(22)12-16-24(26)31-28(27)23-9-5-3-7-19(23)13-17-25(28)29/h2-17,27H,1H3/t27-,28+/m1/s1. The summed E-state index contributed by atoms with van der Waals surface area (Å²) in [5.41, 5.74) is 2.87. The van der Waals surface area contributed by atoms with Crippen LogP contribution < -0.4 is 9.47 Å². The normalized spacial score (nSPS) is 21.1. The van der Waals surface area contributed by atoms with Crippen LogP contribution in [-0.4, -0.2) is 12.9 Å². The van der Waals surface area contributed by atoms with Crippen molar-refractivity contribution < 1.29 is 14.3 Å². The fourth-order valence-electron chi connectivity index (χ4n) is 5.10. The lowest BCUT2D eigenvalue weighted by atomic mass is 9.69. The van der Waals surface area contributed by atoms with E-state index < -0.39 is 5.60 Å². The third kappa shape index (κ3) is 2.43. The fraction of sp³-hybridized carbons (Fsp3) is 0.107. The lowest BCUT2D eigenvalue weighted by molar-refractivity contribution is -0.130. The maximum absolute atomic E-state index is 13.7. The first-order valence-corrected chi connectivity index (χ1v) is 10.4. The van der Waals surface area contributed by atoms with E-state index in [1.54, 1.807) is 13.2 Å². The van der Waals surface area contributed by atoms with Gasteiger partial charge in [0.05, 0.1) is 13.0 Å². The highest BCUT2D eigenvalue weighted by Crippen LogP contribution is 2.57. The second kappa shape index (κ2) is 6.58. The number of carbonyl (C=O) groups is 1. The van der Waals surface area contributed by atoms with Crippen LogP contribution in [0.15, 0.2) is 91.0 Å². The van der Waals surface area contributed by atoms with Crippen molar-refractivity contribution >= 4 is 22.6 Å². The SMILES string of the molecule is COc1ccc([C@@H]2c3c(ccc4ccccc34)O[C@@]23C(=O)C=Cc2ccccc23)cc1. The van der Waals surface area contributed by atoms with E-state index in [0.717, 1.165) is 44.5 Å². The summed E-state index contributed by atoms with van der Waals surface area (Å²) in [6, 6.07) is 28.3. The van der Waals surface area contributed by atoms with Crippen molar-refractivity contribution in [3.63, 3.8) is 0 Å². The molecule has 0 saturated carbocycles. The van der Waals surface area contributed by atoms with Crippen molar-refractivity contribution in [2.24, 2.45) is 0 Å². The van der Waals surface area contributed by atoms with Crippen LogP contribution in [0, 0.1) is 0 Å². The summed E-state index contributed by atoms with van der Waals surface area (Å²) < 4.78 is 12.1. The minimum absolute atomic E-state index is 0.0349. The minimum Gasteiger partial charge on any atom is -0.497 e. The molecule has 6 rings (SSSR count). The summed E-state index contributed by atoms with van der Waals surface area (Å²) in [5.74, 6) is 1.23. The Morgan fingerprint density at radius 1 is 0.839 bits per heavy atom. The van der Waals surface area contributed by atoms with E-state index in [9.17, 15) is 4.79 Å². The predicted molar refractivity (Wildman–Crippen MR) is 122 cm³/mol. The summed E-state index contributed by atoms with van der Waals surface area (Å²) in [4.78, 5) is 13.7. The lowest BCUT2D eigenvalue weighted by Crippen LogP contribution is -2.45. The Labute approximate surface area is 180 Å². The quantitative estimate of drug-likeness (QED) is 0.420. The van der Waals surface area contributed by atoms with Crippen molar-refractivity contribution in [1.29, 1.82) is 0 Å². The molecule has 0 N–H and O–H groups in total. The van der Waals surface area contributed by atoms with E-state index in [4.69, 9.17) is 9.47 Å². The molecule has 0 aromatic heterocycles. The zero-order valence-corrected chi connectivity index (χ0v) is 17.0. The number of ether oxygens (including phenoxy) is 2. The van der Waals surface area contributed by atoms with Gasteiger partial charge in [-0.25, -0.2) is 0 Å². The van der Waals surface area contributed by atoms with Gasteiger partial charge >= 0.3 is 0 Å². The molecule has 2 atom stereocenters. The maximum Gasteiger partial charge on any atom is 0.207 e. The van der Waals surface area contributed by atoms with Crippen LogP contribution in [-0.2, 0) is 10.4 Å². The van der Waals surface area contributed by atoms with Gasteiger partial charge in [-0.3, -0.25) is 4.79 Å². The zero-order chi connectivity index (χ0) is 21.0. The molecule has 4 aromatic rings.